The van der Waals surface area contributed by atoms with E-state index in [0.717, 1.165) is 42.8 Å². The number of anilines is 2. The van der Waals surface area contributed by atoms with Crippen molar-refractivity contribution in [2.24, 2.45) is 29.2 Å². The number of nitrogens with zero attached hydrogens (tertiary/aromatic N) is 6. The molecule has 0 saturated heterocycles. The number of amides is 1. The van der Waals surface area contributed by atoms with Gasteiger partial charge in [-0.15, -0.1) is 4.36 Å². The standard InChI is InChI=1S/C37H41Cl2N7O4S/c1-22-5-3-7-31(47)27-11-8-25(27)17-46-20-37(14-4-6-23-15-26(38)10-12-29(23)37)21-50-32-13-9-24(16-30(32)46)35(48)44-51(49,19-22)43-34-28-18-45(2)42-33(28)40-36(39)41-34/h3,7,9-10,12-13,15-16,18,22,25,27,31,47H,4-6,8,11,14,17,19-21H2,1-2H3,(H,40,41,42,43,44,48,49)/b7-3+/t22-,25-,27+,31-,37-,51+/m0/s1. The summed E-state index contributed by atoms with van der Waals surface area (Å²) < 4.78 is 30.4. The summed E-state index contributed by atoms with van der Waals surface area (Å²) in [5.41, 5.74) is 3.65. The highest BCUT2D eigenvalue weighted by atomic mass is 35.5. The molecule has 1 spiro atoms. The molecule has 14 heteroatoms. The van der Waals surface area contributed by atoms with Crippen LogP contribution >= 0.6 is 23.2 Å². The quantitative estimate of drug-likeness (QED) is 0.170. The molecule has 2 aliphatic carbocycles. The highest BCUT2D eigenvalue weighted by molar-refractivity contribution is 7.95. The lowest BCUT2D eigenvalue weighted by atomic mass is 9.68. The van der Waals surface area contributed by atoms with Crippen LogP contribution in [0.4, 0.5) is 11.5 Å². The van der Waals surface area contributed by atoms with Crippen LogP contribution in [0, 0.1) is 17.8 Å². The molecule has 2 aliphatic heterocycles. The van der Waals surface area contributed by atoms with Gasteiger partial charge in [0.15, 0.2) is 11.5 Å². The van der Waals surface area contributed by atoms with E-state index in [9.17, 15) is 14.1 Å². The fraction of sp³-hybridized carbons (Fsp3) is 0.459. The third-order valence-corrected chi connectivity index (χ3v) is 13.4. The van der Waals surface area contributed by atoms with Crippen LogP contribution < -0.4 is 14.4 Å². The van der Waals surface area contributed by atoms with Gasteiger partial charge < -0.3 is 14.7 Å². The van der Waals surface area contributed by atoms with E-state index in [4.69, 9.17) is 27.9 Å². The number of aryl methyl sites for hydroxylation is 2. The summed E-state index contributed by atoms with van der Waals surface area (Å²) in [5.74, 6) is 0.523. The highest BCUT2D eigenvalue weighted by Gasteiger charge is 2.44. The van der Waals surface area contributed by atoms with Crippen LogP contribution in [0.5, 0.6) is 5.75 Å². The number of hydrogen-bond donors (Lipinski definition) is 2. The van der Waals surface area contributed by atoms with Crippen molar-refractivity contribution in [3.8, 4) is 5.75 Å². The molecule has 1 saturated carbocycles. The van der Waals surface area contributed by atoms with Crippen LogP contribution in [-0.2, 0) is 28.8 Å². The minimum atomic E-state index is -3.45. The molecular weight excluding hydrogens is 709 g/mol. The van der Waals surface area contributed by atoms with Gasteiger partial charge in [-0.1, -0.05) is 36.7 Å². The average molecular weight is 751 g/mol. The topological polar surface area (TPSA) is 135 Å². The molecule has 2 N–H and O–H groups in total. The van der Waals surface area contributed by atoms with Crippen molar-refractivity contribution in [2.45, 2.75) is 57.0 Å². The number of aromatic nitrogens is 4. The molecule has 4 aliphatic rings. The summed E-state index contributed by atoms with van der Waals surface area (Å²) in [6.07, 6.45) is 10.4. The molecule has 0 radical (unpaired) electrons. The van der Waals surface area contributed by atoms with Gasteiger partial charge in [-0.3, -0.25) is 14.2 Å². The Labute approximate surface area is 307 Å². The lowest BCUT2D eigenvalue weighted by molar-refractivity contribution is 0.0456. The van der Waals surface area contributed by atoms with Gasteiger partial charge in [0, 0.05) is 42.3 Å². The molecule has 2 bridgehead atoms. The van der Waals surface area contributed by atoms with Crippen molar-refractivity contribution < 1.29 is 18.8 Å². The Morgan fingerprint density at radius 1 is 1.14 bits per heavy atom. The molecular formula is C37H41Cl2N7O4S. The average Bonchev–Trinajstić information content (AvgIpc) is 3.37. The van der Waals surface area contributed by atoms with Crippen LogP contribution in [0.1, 0.15) is 60.5 Å². The number of ether oxygens (including phenoxy) is 1. The first-order valence-corrected chi connectivity index (χ1v) is 20.0. The minimum absolute atomic E-state index is 0.0424. The third kappa shape index (κ3) is 6.71. The monoisotopic (exact) mass is 749 g/mol. The van der Waals surface area contributed by atoms with E-state index >= 15 is 0 Å². The molecule has 6 atom stereocenters. The molecule has 8 rings (SSSR count). The van der Waals surface area contributed by atoms with Gasteiger partial charge in [-0.25, -0.2) is 4.21 Å². The van der Waals surface area contributed by atoms with Crippen molar-refractivity contribution in [3.05, 3.63) is 81.7 Å². The number of benzene rings is 2. The van der Waals surface area contributed by atoms with Crippen LogP contribution in [0.2, 0.25) is 10.3 Å². The molecule has 268 valence electrons. The molecule has 4 aromatic rings. The number of hydrogen-bond acceptors (Lipinski definition) is 8. The summed E-state index contributed by atoms with van der Waals surface area (Å²) in [6, 6.07) is 11.5. The summed E-state index contributed by atoms with van der Waals surface area (Å²) in [7, 11) is -1.71. The first-order chi connectivity index (χ1) is 24.5. The fourth-order valence-corrected chi connectivity index (χ4v) is 10.7. The molecule has 51 heavy (non-hydrogen) atoms. The zero-order valence-corrected chi connectivity index (χ0v) is 30.9. The smallest absolute Gasteiger partial charge is 0.286 e. The van der Waals surface area contributed by atoms with Crippen LogP contribution in [-0.4, -0.2) is 66.5 Å². The maximum absolute atomic E-state index is 14.8. The van der Waals surface area contributed by atoms with Crippen molar-refractivity contribution in [1.29, 1.82) is 0 Å². The third-order valence-electron chi connectivity index (χ3n) is 11.0. The maximum Gasteiger partial charge on any atom is 0.286 e. The van der Waals surface area contributed by atoms with E-state index in [1.54, 1.807) is 24.0 Å². The zero-order valence-electron chi connectivity index (χ0n) is 28.6. The molecule has 11 nitrogen and oxygen atoms in total. The van der Waals surface area contributed by atoms with E-state index < -0.39 is 21.9 Å². The fourth-order valence-electron chi connectivity index (χ4n) is 8.36. The Balaban J connectivity index is 1.22. The predicted molar refractivity (Wildman–Crippen MR) is 200 cm³/mol. The number of nitrogens with one attached hydrogen (secondary N) is 1. The molecule has 1 amide bonds. The largest absolute Gasteiger partial charge is 0.490 e. The van der Waals surface area contributed by atoms with E-state index in [2.05, 4.69) is 41.2 Å². The normalized spacial score (nSPS) is 30.0. The molecule has 2 aromatic carbocycles. The Bertz CT molecular complexity index is 2180. The Hall–Kier alpha value is -3.71. The number of aliphatic hydroxyl groups is 1. The number of carbonyl (C=O) groups is 1. The number of halogens is 2. The SMILES string of the molecule is C[C@H]1C/C=C/[C@H](O)[C@@H]2CC[C@H]2CN2C[C@@]3(CCCc4cc(Cl)ccc43)COc3ccc(cc32)C(=O)N=[S@](=O)(Nc2nc(Cl)nc3nn(C)cc23)C1. The Morgan fingerprint density at radius 2 is 2.00 bits per heavy atom. The number of aliphatic hydroxyl groups excluding tert-OH is 1. The van der Waals surface area contributed by atoms with Crippen LogP contribution in [0.3, 0.4) is 0 Å². The minimum Gasteiger partial charge on any atom is -0.490 e. The Morgan fingerprint density at radius 3 is 2.82 bits per heavy atom. The number of fused-ring (bicyclic) bond motifs is 5. The van der Waals surface area contributed by atoms with Gasteiger partial charge in [-0.05, 0) is 109 Å². The summed E-state index contributed by atoms with van der Waals surface area (Å²) in [6.45, 7) is 3.83. The van der Waals surface area contributed by atoms with E-state index in [1.807, 2.05) is 37.3 Å². The first-order valence-electron chi connectivity index (χ1n) is 17.6. The van der Waals surface area contributed by atoms with Crippen molar-refractivity contribution >= 4 is 61.6 Å². The summed E-state index contributed by atoms with van der Waals surface area (Å²) in [4.78, 5) is 25.0. The lowest BCUT2D eigenvalue weighted by Gasteiger charge is -2.45. The summed E-state index contributed by atoms with van der Waals surface area (Å²) in [5, 5.41) is 16.8. The molecule has 4 heterocycles. The van der Waals surface area contributed by atoms with E-state index in [-0.39, 0.29) is 40.0 Å². The first kappa shape index (κ1) is 34.4. The number of rotatable bonds is 2. The lowest BCUT2D eigenvalue weighted by Crippen LogP contribution is -2.49. The van der Waals surface area contributed by atoms with Gasteiger partial charge >= 0.3 is 0 Å². The van der Waals surface area contributed by atoms with Gasteiger partial charge in [0.25, 0.3) is 5.91 Å². The zero-order chi connectivity index (χ0) is 35.5. The van der Waals surface area contributed by atoms with Crippen molar-refractivity contribution in [3.63, 3.8) is 0 Å². The van der Waals surface area contributed by atoms with Crippen molar-refractivity contribution in [1.82, 2.24) is 19.7 Å². The summed E-state index contributed by atoms with van der Waals surface area (Å²) >= 11 is 12.7. The maximum atomic E-state index is 14.8. The van der Waals surface area contributed by atoms with E-state index in [1.165, 1.54) is 11.1 Å². The molecule has 2 aromatic heterocycles. The molecule has 1 fully saturated rings. The predicted octanol–water partition coefficient (Wildman–Crippen LogP) is 6.76. The second-order valence-electron chi connectivity index (χ2n) is 14.7. The van der Waals surface area contributed by atoms with E-state index in [0.29, 0.717) is 48.5 Å². The van der Waals surface area contributed by atoms with Crippen LogP contribution in [0.15, 0.2) is 59.1 Å². The number of carbonyl (C=O) groups excluding carboxylic acids is 1. The highest BCUT2D eigenvalue weighted by Crippen LogP contribution is 2.47. The van der Waals surface area contributed by atoms with Gasteiger partial charge in [0.2, 0.25) is 5.28 Å². The number of allylic oxidation sites excluding steroid dienone is 1. The van der Waals surface area contributed by atoms with Gasteiger partial charge in [0.05, 0.1) is 29.5 Å². The van der Waals surface area contributed by atoms with Crippen LogP contribution in [0.25, 0.3) is 11.0 Å². The van der Waals surface area contributed by atoms with Gasteiger partial charge in [0.1, 0.15) is 15.7 Å². The Kier molecular flexibility index (Phi) is 9.01. The van der Waals surface area contributed by atoms with Crippen molar-refractivity contribution in [2.75, 3.05) is 35.1 Å². The molecule has 0 unspecified atom stereocenters. The second-order valence-corrected chi connectivity index (χ2v) is 17.5. The van der Waals surface area contributed by atoms with Gasteiger partial charge in [-0.2, -0.15) is 15.1 Å². The second kappa shape index (κ2) is 13.4.